The minimum atomic E-state index is -0.0165. The van der Waals surface area contributed by atoms with Gasteiger partial charge in [0.25, 0.3) is 0 Å². The summed E-state index contributed by atoms with van der Waals surface area (Å²) in [6, 6.07) is 0. The highest BCUT2D eigenvalue weighted by Crippen LogP contribution is 2.22. The predicted octanol–water partition coefficient (Wildman–Crippen LogP) is 3.77. The molecule has 0 bridgehead atoms. The average molecular weight is 491 g/mol. The van der Waals surface area contributed by atoms with Crippen molar-refractivity contribution in [3.8, 4) is 0 Å². The molecular formula is C20H38IN5O. The number of hydrogen-bond acceptors (Lipinski definition) is 4. The summed E-state index contributed by atoms with van der Waals surface area (Å²) in [6.07, 6.45) is 6.94. The number of guanidine groups is 1. The van der Waals surface area contributed by atoms with Crippen molar-refractivity contribution in [1.82, 2.24) is 20.5 Å². The largest absolute Gasteiger partial charge is 0.443 e. The number of aromatic nitrogens is 1. The number of nitrogens with one attached hydrogen (secondary N) is 2. The zero-order chi connectivity index (χ0) is 19.0. The Kier molecular flexibility index (Phi) is 10.7. The summed E-state index contributed by atoms with van der Waals surface area (Å²) < 4.78 is 5.80. The van der Waals surface area contributed by atoms with Crippen LogP contribution in [0.25, 0.3) is 0 Å². The molecule has 1 fully saturated rings. The molecule has 2 heterocycles. The van der Waals surface area contributed by atoms with E-state index in [-0.39, 0.29) is 29.4 Å². The number of unbranched alkanes of at least 4 members (excludes halogenated alkanes) is 1. The highest BCUT2D eigenvalue weighted by molar-refractivity contribution is 14.0. The van der Waals surface area contributed by atoms with E-state index in [0.29, 0.717) is 12.4 Å². The lowest BCUT2D eigenvalue weighted by Gasteiger charge is -2.30. The Balaban J connectivity index is 0.00000364. The van der Waals surface area contributed by atoms with Crippen molar-refractivity contribution in [3.63, 3.8) is 0 Å². The SMILES string of the molecule is CN=C(NCCCCN1CCCC(C)C1)NCc1ncc(C(C)(C)C)o1.I. The number of nitrogens with zero attached hydrogens (tertiary/aromatic N) is 3. The quantitative estimate of drug-likeness (QED) is 0.263. The first-order valence-corrected chi connectivity index (χ1v) is 10.0. The summed E-state index contributed by atoms with van der Waals surface area (Å²) in [6.45, 7) is 14.0. The van der Waals surface area contributed by atoms with E-state index < -0.39 is 0 Å². The fraction of sp³-hybridized carbons (Fsp3) is 0.800. The van der Waals surface area contributed by atoms with Gasteiger partial charge in [-0.2, -0.15) is 0 Å². The van der Waals surface area contributed by atoms with Crippen LogP contribution in [0.4, 0.5) is 0 Å². The Hall–Kier alpha value is -0.830. The number of halogens is 1. The highest BCUT2D eigenvalue weighted by Gasteiger charge is 2.19. The van der Waals surface area contributed by atoms with Gasteiger partial charge in [-0.15, -0.1) is 24.0 Å². The standard InChI is InChI=1S/C20H37N5O.HI/c1-16-9-8-12-25(15-16)11-7-6-10-22-19(21-5)24-14-18-23-13-17(26-18)20(2,3)4;/h13,16H,6-12,14-15H2,1-5H3,(H2,21,22,24);1H. The first-order valence-electron chi connectivity index (χ1n) is 10.0. The number of oxazole rings is 1. The summed E-state index contributed by atoms with van der Waals surface area (Å²) in [4.78, 5) is 11.2. The van der Waals surface area contributed by atoms with Crippen LogP contribution in [-0.2, 0) is 12.0 Å². The van der Waals surface area contributed by atoms with Crippen LogP contribution >= 0.6 is 24.0 Å². The maximum Gasteiger partial charge on any atom is 0.213 e. The number of hydrogen-bond donors (Lipinski definition) is 2. The van der Waals surface area contributed by atoms with E-state index in [9.17, 15) is 0 Å². The fourth-order valence-corrected chi connectivity index (χ4v) is 3.28. The van der Waals surface area contributed by atoms with Gasteiger partial charge in [-0.3, -0.25) is 4.99 Å². The molecule has 1 unspecified atom stereocenters. The van der Waals surface area contributed by atoms with Gasteiger partial charge in [0.05, 0.1) is 12.7 Å². The third kappa shape index (κ3) is 8.81. The lowest BCUT2D eigenvalue weighted by Crippen LogP contribution is -2.38. The Morgan fingerprint density at radius 1 is 1.33 bits per heavy atom. The molecule has 1 aromatic rings. The van der Waals surface area contributed by atoms with Gasteiger partial charge < -0.3 is 20.0 Å². The number of likely N-dealkylation sites (tertiary alicyclic amines) is 1. The highest BCUT2D eigenvalue weighted by atomic mass is 127. The van der Waals surface area contributed by atoms with Crippen LogP contribution in [0.2, 0.25) is 0 Å². The molecule has 0 radical (unpaired) electrons. The van der Waals surface area contributed by atoms with E-state index in [1.54, 1.807) is 7.05 Å². The molecule has 1 saturated heterocycles. The predicted molar refractivity (Wildman–Crippen MR) is 123 cm³/mol. The molecule has 7 heteroatoms. The second kappa shape index (κ2) is 11.9. The van der Waals surface area contributed by atoms with Crippen molar-refractivity contribution in [2.75, 3.05) is 33.2 Å². The molecule has 0 saturated carbocycles. The summed E-state index contributed by atoms with van der Waals surface area (Å²) in [5.41, 5.74) is -0.0165. The van der Waals surface area contributed by atoms with Crippen molar-refractivity contribution in [2.24, 2.45) is 10.9 Å². The van der Waals surface area contributed by atoms with E-state index in [1.807, 2.05) is 6.20 Å². The molecular weight excluding hydrogens is 453 g/mol. The summed E-state index contributed by atoms with van der Waals surface area (Å²) in [5, 5.41) is 6.64. The van der Waals surface area contributed by atoms with Crippen molar-refractivity contribution >= 4 is 29.9 Å². The lowest BCUT2D eigenvalue weighted by atomic mass is 9.94. The zero-order valence-electron chi connectivity index (χ0n) is 17.7. The van der Waals surface area contributed by atoms with Crippen LogP contribution in [0.1, 0.15) is 65.0 Å². The van der Waals surface area contributed by atoms with Gasteiger partial charge in [0.2, 0.25) is 5.89 Å². The third-order valence-electron chi connectivity index (χ3n) is 4.86. The van der Waals surface area contributed by atoms with Crippen LogP contribution in [-0.4, -0.2) is 49.1 Å². The topological polar surface area (TPSA) is 65.7 Å². The van der Waals surface area contributed by atoms with E-state index in [2.05, 4.69) is 53.2 Å². The van der Waals surface area contributed by atoms with Crippen molar-refractivity contribution < 1.29 is 4.42 Å². The fourth-order valence-electron chi connectivity index (χ4n) is 3.28. The Labute approximate surface area is 182 Å². The third-order valence-corrected chi connectivity index (χ3v) is 4.86. The maximum atomic E-state index is 5.80. The Bertz CT molecular complexity index is 567. The normalized spacial score (nSPS) is 18.9. The van der Waals surface area contributed by atoms with Gasteiger partial charge in [-0.25, -0.2) is 4.98 Å². The summed E-state index contributed by atoms with van der Waals surface area (Å²) >= 11 is 0. The van der Waals surface area contributed by atoms with Gasteiger partial charge in [0, 0.05) is 25.6 Å². The molecule has 2 rings (SSSR count). The first-order chi connectivity index (χ1) is 12.4. The van der Waals surface area contributed by atoms with E-state index in [0.717, 1.165) is 30.6 Å². The zero-order valence-corrected chi connectivity index (χ0v) is 20.0. The van der Waals surface area contributed by atoms with Crippen LogP contribution in [0.3, 0.4) is 0 Å². The molecule has 0 spiro atoms. The maximum absolute atomic E-state index is 5.80. The van der Waals surface area contributed by atoms with Gasteiger partial charge in [-0.1, -0.05) is 27.7 Å². The minimum absolute atomic E-state index is 0. The second-order valence-electron chi connectivity index (χ2n) is 8.48. The molecule has 0 aromatic carbocycles. The molecule has 27 heavy (non-hydrogen) atoms. The van der Waals surface area contributed by atoms with Gasteiger partial charge >= 0.3 is 0 Å². The summed E-state index contributed by atoms with van der Waals surface area (Å²) in [5.74, 6) is 3.26. The van der Waals surface area contributed by atoms with E-state index in [4.69, 9.17) is 4.42 Å². The molecule has 0 aliphatic carbocycles. The number of piperidine rings is 1. The van der Waals surface area contributed by atoms with Crippen molar-refractivity contribution in [1.29, 1.82) is 0 Å². The number of aliphatic imine (C=N–C) groups is 1. The first kappa shape index (κ1) is 24.2. The van der Waals surface area contributed by atoms with Gasteiger partial charge in [0.15, 0.2) is 5.96 Å². The molecule has 6 nitrogen and oxygen atoms in total. The monoisotopic (exact) mass is 491 g/mol. The van der Waals surface area contributed by atoms with E-state index in [1.165, 1.54) is 38.9 Å². The van der Waals surface area contributed by atoms with Crippen LogP contribution in [0.15, 0.2) is 15.6 Å². The van der Waals surface area contributed by atoms with Crippen molar-refractivity contribution in [2.45, 2.75) is 65.3 Å². The molecule has 1 aromatic heterocycles. The van der Waals surface area contributed by atoms with E-state index >= 15 is 0 Å². The van der Waals surface area contributed by atoms with Gasteiger partial charge in [-0.05, 0) is 44.7 Å². The van der Waals surface area contributed by atoms with Crippen LogP contribution < -0.4 is 10.6 Å². The minimum Gasteiger partial charge on any atom is -0.443 e. The molecule has 1 aliphatic heterocycles. The molecule has 1 aliphatic rings. The number of rotatable bonds is 7. The lowest BCUT2D eigenvalue weighted by molar-refractivity contribution is 0.181. The summed E-state index contributed by atoms with van der Waals surface area (Å²) in [7, 11) is 1.79. The Morgan fingerprint density at radius 2 is 2.11 bits per heavy atom. The van der Waals surface area contributed by atoms with Crippen LogP contribution in [0.5, 0.6) is 0 Å². The second-order valence-corrected chi connectivity index (χ2v) is 8.48. The molecule has 156 valence electrons. The van der Waals surface area contributed by atoms with Gasteiger partial charge in [0.1, 0.15) is 5.76 Å². The Morgan fingerprint density at radius 3 is 2.74 bits per heavy atom. The molecule has 2 N–H and O–H groups in total. The molecule has 1 atom stereocenters. The average Bonchev–Trinajstić information content (AvgIpc) is 3.07. The van der Waals surface area contributed by atoms with Crippen molar-refractivity contribution in [3.05, 3.63) is 17.8 Å². The molecule has 0 amide bonds. The van der Waals surface area contributed by atoms with Crippen LogP contribution in [0, 0.1) is 5.92 Å². The smallest absolute Gasteiger partial charge is 0.213 e.